The molecule has 0 aliphatic rings. The van der Waals surface area contributed by atoms with Crippen LogP contribution in [-0.4, -0.2) is 15.0 Å². The van der Waals surface area contributed by atoms with Crippen LogP contribution in [0.2, 0.25) is 0 Å². The highest BCUT2D eigenvalue weighted by Crippen LogP contribution is 2.33. The first-order valence-corrected chi connectivity index (χ1v) is 13.7. The molecule has 4 nitrogen and oxygen atoms in total. The average molecular weight is 559 g/mol. The van der Waals surface area contributed by atoms with Crippen LogP contribution in [0.5, 0.6) is 0 Å². The maximum Gasteiger partial charge on any atom is 0.164 e. The Kier molecular flexibility index (Phi) is 4.53. The molecule has 43 heavy (non-hydrogen) atoms. The number of nitrogens with zero attached hydrogens (tertiary/aromatic N) is 3. The second kappa shape index (κ2) is 10.5. The highest BCUT2D eigenvalue weighted by Gasteiger charge is 2.15. The van der Waals surface area contributed by atoms with E-state index in [0.717, 1.165) is 22.3 Å². The molecule has 8 rings (SSSR count). The molecule has 0 saturated carbocycles. The third kappa shape index (κ3) is 4.75. The molecule has 0 N–H and O–H groups in total. The van der Waals surface area contributed by atoms with Gasteiger partial charge in [-0.15, -0.1) is 0 Å². The molecule has 0 fully saturated rings. The quantitative estimate of drug-likeness (QED) is 0.211. The van der Waals surface area contributed by atoms with Crippen molar-refractivity contribution in [1.29, 1.82) is 0 Å². The van der Waals surface area contributed by atoms with Crippen LogP contribution in [0.3, 0.4) is 0 Å². The fraction of sp³-hybridized carbons (Fsp3) is 0. The van der Waals surface area contributed by atoms with Crippen LogP contribution < -0.4 is 0 Å². The molecule has 0 radical (unpaired) electrons. The first kappa shape index (κ1) is 18.5. The molecule has 4 heteroatoms. The van der Waals surface area contributed by atoms with Crippen molar-refractivity contribution < 1.29 is 14.0 Å². The predicted molar refractivity (Wildman–Crippen MR) is 174 cm³/mol. The summed E-state index contributed by atoms with van der Waals surface area (Å²) in [6, 6.07) is 32.4. The molecule has 0 saturated heterocycles. The smallest absolute Gasteiger partial charge is 0.164 e. The number of benzene rings is 6. The summed E-state index contributed by atoms with van der Waals surface area (Å²) in [5, 5.41) is -0.0786. The Labute approximate surface area is 258 Å². The molecule has 0 bridgehead atoms. The average Bonchev–Trinajstić information content (AvgIpc) is 3.58. The van der Waals surface area contributed by atoms with E-state index < -0.39 is 24.2 Å². The van der Waals surface area contributed by atoms with Gasteiger partial charge in [-0.3, -0.25) is 0 Å². The van der Waals surface area contributed by atoms with E-state index >= 15 is 0 Å². The van der Waals surface area contributed by atoms with E-state index in [1.54, 1.807) is 0 Å². The van der Waals surface area contributed by atoms with Gasteiger partial charge in [-0.1, -0.05) is 127 Å². The van der Waals surface area contributed by atoms with Crippen LogP contribution in [0.15, 0.2) is 156 Å². The SMILES string of the molecule is [2H]c1c([2H])c([2H])c2c(oc3c([2H])c(-c4nc(-c5ccc(-c6ccccc6)cc5)nc(-c5cccc(-c6ccccc6)c5)n4)c([2H])c([2H])c32)c1[2H]. The minimum atomic E-state index is -0.492. The lowest BCUT2D eigenvalue weighted by atomic mass is 10.0. The molecular weight excluding hydrogens is 526 g/mol. The molecule has 202 valence electrons. The van der Waals surface area contributed by atoms with Gasteiger partial charge in [-0.05, 0) is 46.4 Å². The van der Waals surface area contributed by atoms with E-state index in [9.17, 15) is 1.37 Å². The molecular formula is C39H25N3O. The van der Waals surface area contributed by atoms with E-state index in [4.69, 9.17) is 27.6 Å². The summed E-state index contributed by atoms with van der Waals surface area (Å²) in [6.45, 7) is 0. The van der Waals surface area contributed by atoms with E-state index in [0.29, 0.717) is 22.8 Å². The van der Waals surface area contributed by atoms with Crippen LogP contribution in [0.25, 0.3) is 78.4 Å². The number of hydrogen-bond donors (Lipinski definition) is 0. The van der Waals surface area contributed by atoms with Crippen molar-refractivity contribution in [3.8, 4) is 56.4 Å². The summed E-state index contributed by atoms with van der Waals surface area (Å²) >= 11 is 0. The first-order chi connectivity index (χ1) is 24.2. The van der Waals surface area contributed by atoms with Gasteiger partial charge in [0.15, 0.2) is 17.5 Å². The van der Waals surface area contributed by atoms with Gasteiger partial charge in [0, 0.05) is 27.5 Å². The molecule has 0 aliphatic carbocycles. The Bertz CT molecular complexity index is 2610. The van der Waals surface area contributed by atoms with Crippen molar-refractivity contribution in [1.82, 2.24) is 15.0 Å². The number of hydrogen-bond acceptors (Lipinski definition) is 4. The fourth-order valence-corrected chi connectivity index (χ4v) is 5.07. The van der Waals surface area contributed by atoms with Crippen LogP contribution in [-0.2, 0) is 0 Å². The van der Waals surface area contributed by atoms with Gasteiger partial charge >= 0.3 is 0 Å². The van der Waals surface area contributed by atoms with Crippen molar-refractivity contribution in [2.24, 2.45) is 0 Å². The Morgan fingerprint density at radius 2 is 0.953 bits per heavy atom. The second-order valence-electron chi connectivity index (χ2n) is 9.96. The lowest BCUT2D eigenvalue weighted by molar-refractivity contribution is 0.669. The molecule has 8 aromatic rings. The van der Waals surface area contributed by atoms with E-state index in [1.807, 2.05) is 109 Å². The highest BCUT2D eigenvalue weighted by atomic mass is 16.3. The van der Waals surface area contributed by atoms with E-state index in [1.165, 1.54) is 0 Å². The monoisotopic (exact) mass is 558 g/mol. The third-order valence-electron chi connectivity index (χ3n) is 7.22. The van der Waals surface area contributed by atoms with Gasteiger partial charge < -0.3 is 4.42 Å². The van der Waals surface area contributed by atoms with Crippen LogP contribution in [0.1, 0.15) is 9.60 Å². The maximum atomic E-state index is 9.20. The zero-order valence-corrected chi connectivity index (χ0v) is 22.6. The summed E-state index contributed by atoms with van der Waals surface area (Å²) in [7, 11) is 0. The van der Waals surface area contributed by atoms with Gasteiger partial charge in [0.1, 0.15) is 11.2 Å². The van der Waals surface area contributed by atoms with Crippen LogP contribution >= 0.6 is 0 Å². The normalized spacial score (nSPS) is 13.5. The van der Waals surface area contributed by atoms with Crippen molar-refractivity contribution in [3.05, 3.63) is 151 Å². The van der Waals surface area contributed by atoms with Crippen LogP contribution in [0.4, 0.5) is 0 Å². The Balaban J connectivity index is 1.36. The zero-order valence-electron chi connectivity index (χ0n) is 29.6. The minimum absolute atomic E-state index is 0.0207. The maximum absolute atomic E-state index is 9.20. The highest BCUT2D eigenvalue weighted by molar-refractivity contribution is 6.05. The summed E-state index contributed by atoms with van der Waals surface area (Å²) < 4.78 is 66.3. The third-order valence-corrected chi connectivity index (χ3v) is 7.22. The molecule has 0 spiro atoms. The van der Waals surface area contributed by atoms with Crippen molar-refractivity contribution >= 4 is 21.9 Å². The molecule has 0 amide bonds. The van der Waals surface area contributed by atoms with Gasteiger partial charge in [0.25, 0.3) is 0 Å². The van der Waals surface area contributed by atoms with Gasteiger partial charge in [0.2, 0.25) is 0 Å². The number of fused-ring (bicyclic) bond motifs is 3. The number of para-hydroxylation sites is 1. The summed E-state index contributed by atoms with van der Waals surface area (Å²) in [4.78, 5) is 14.4. The topological polar surface area (TPSA) is 51.8 Å². The summed E-state index contributed by atoms with van der Waals surface area (Å²) in [6.07, 6.45) is 0. The number of furan rings is 1. The number of aromatic nitrogens is 3. The lowest BCUT2D eigenvalue weighted by Gasteiger charge is -2.10. The molecule has 0 unspecified atom stereocenters. The minimum Gasteiger partial charge on any atom is -0.456 e. The Morgan fingerprint density at radius 1 is 0.419 bits per heavy atom. The van der Waals surface area contributed by atoms with Crippen LogP contribution in [0, 0.1) is 0 Å². The number of rotatable bonds is 5. The Hall–Kier alpha value is -5.87. The van der Waals surface area contributed by atoms with E-state index in [-0.39, 0.29) is 51.5 Å². The fourth-order valence-electron chi connectivity index (χ4n) is 5.07. The lowest BCUT2D eigenvalue weighted by Crippen LogP contribution is -2.00. The Morgan fingerprint density at radius 3 is 1.70 bits per heavy atom. The standard InChI is InChI=1S/C39H25N3O/c1-3-10-26(11-4-1)28-18-20-29(21-19-28)37-40-38(31-15-9-14-30(24-31)27-12-5-2-6-13-27)42-39(41-37)32-22-23-34-33-16-7-8-17-35(33)43-36(34)25-32/h1-25H/i7D,8D,16D,17D,22D,23D,25D. The van der Waals surface area contributed by atoms with Crippen molar-refractivity contribution in [2.75, 3.05) is 0 Å². The zero-order chi connectivity index (χ0) is 34.7. The summed E-state index contributed by atoms with van der Waals surface area (Å²) in [5.74, 6) is 0.571. The molecule has 0 aliphatic heterocycles. The molecule has 6 aromatic carbocycles. The van der Waals surface area contributed by atoms with Gasteiger partial charge in [-0.2, -0.15) is 0 Å². The molecule has 2 heterocycles. The molecule has 2 aromatic heterocycles. The van der Waals surface area contributed by atoms with Crippen molar-refractivity contribution in [2.45, 2.75) is 0 Å². The van der Waals surface area contributed by atoms with Crippen molar-refractivity contribution in [3.63, 3.8) is 0 Å². The largest absolute Gasteiger partial charge is 0.456 e. The second-order valence-corrected chi connectivity index (χ2v) is 9.96. The predicted octanol–water partition coefficient (Wildman–Crippen LogP) is 10.1. The molecule has 0 atom stereocenters. The first-order valence-electron chi connectivity index (χ1n) is 17.2. The van der Waals surface area contributed by atoms with Gasteiger partial charge in [0.05, 0.1) is 9.60 Å². The van der Waals surface area contributed by atoms with E-state index in [2.05, 4.69) is 0 Å². The summed E-state index contributed by atoms with van der Waals surface area (Å²) in [5.41, 5.74) is 4.94. The van der Waals surface area contributed by atoms with Gasteiger partial charge in [-0.25, -0.2) is 15.0 Å².